The summed E-state index contributed by atoms with van der Waals surface area (Å²) in [5.74, 6) is 0.786. The molecule has 1 heterocycles. The summed E-state index contributed by atoms with van der Waals surface area (Å²) >= 11 is 0. The second kappa shape index (κ2) is 8.14. The molecule has 1 aliphatic heterocycles. The van der Waals surface area contributed by atoms with Crippen molar-refractivity contribution in [3.63, 3.8) is 0 Å². The fourth-order valence-corrected chi connectivity index (χ4v) is 4.35. The zero-order valence-electron chi connectivity index (χ0n) is 13.6. The lowest BCUT2D eigenvalue weighted by Gasteiger charge is -2.33. The highest BCUT2D eigenvalue weighted by Crippen LogP contribution is 2.40. The summed E-state index contributed by atoms with van der Waals surface area (Å²) in [7, 11) is 1.71. The maximum atomic E-state index is 11.7. The van der Waals surface area contributed by atoms with Crippen LogP contribution in [0.3, 0.4) is 0 Å². The number of methoxy groups -OCH3 is 1. The largest absolute Gasteiger partial charge is 0.481 e. The molecule has 1 saturated heterocycles. The lowest BCUT2D eigenvalue weighted by Crippen LogP contribution is -2.32. The Kier molecular flexibility index (Phi) is 6.49. The lowest BCUT2D eigenvalue weighted by molar-refractivity contribution is -0.143. The number of hydrogen-bond donors (Lipinski definition) is 1. The van der Waals surface area contributed by atoms with Crippen LogP contribution in [0.1, 0.15) is 45.4 Å². The molecule has 1 N–H and O–H groups in total. The molecule has 4 nitrogen and oxygen atoms in total. The number of carboxylic acids is 1. The van der Waals surface area contributed by atoms with Gasteiger partial charge in [-0.25, -0.2) is 0 Å². The van der Waals surface area contributed by atoms with E-state index >= 15 is 0 Å². The number of nitrogens with zero attached hydrogens (tertiary/aromatic N) is 1. The Balaban J connectivity index is 2.04. The Hall–Kier alpha value is -0.610. The molecule has 2 aliphatic rings. The number of hydrogen-bond acceptors (Lipinski definition) is 3. The van der Waals surface area contributed by atoms with Crippen LogP contribution in [0.25, 0.3) is 0 Å². The average molecular weight is 297 g/mol. The zero-order valence-corrected chi connectivity index (χ0v) is 13.6. The summed E-state index contributed by atoms with van der Waals surface area (Å²) in [6.07, 6.45) is 7.75. The number of rotatable bonds is 5. The molecule has 2 fully saturated rings. The average Bonchev–Trinajstić information content (AvgIpc) is 2.85. The first-order valence-electron chi connectivity index (χ1n) is 8.57. The Morgan fingerprint density at radius 1 is 1.14 bits per heavy atom. The van der Waals surface area contributed by atoms with E-state index in [1.165, 1.54) is 38.5 Å². The summed E-state index contributed by atoms with van der Waals surface area (Å²) in [6, 6.07) is 0. The molecule has 4 atom stereocenters. The van der Waals surface area contributed by atoms with Gasteiger partial charge >= 0.3 is 5.97 Å². The fraction of sp³-hybridized carbons (Fsp3) is 0.941. The van der Waals surface area contributed by atoms with Crippen LogP contribution in [-0.2, 0) is 9.53 Å². The highest BCUT2D eigenvalue weighted by atomic mass is 16.5. The minimum Gasteiger partial charge on any atom is -0.481 e. The molecule has 0 radical (unpaired) electrons. The van der Waals surface area contributed by atoms with E-state index in [9.17, 15) is 9.90 Å². The van der Waals surface area contributed by atoms with Gasteiger partial charge in [0.2, 0.25) is 0 Å². The van der Waals surface area contributed by atoms with Crippen LogP contribution >= 0.6 is 0 Å². The van der Waals surface area contributed by atoms with Crippen LogP contribution < -0.4 is 0 Å². The van der Waals surface area contributed by atoms with Gasteiger partial charge in [-0.2, -0.15) is 0 Å². The van der Waals surface area contributed by atoms with Gasteiger partial charge in [0.15, 0.2) is 0 Å². The number of ether oxygens (including phenoxy) is 1. The van der Waals surface area contributed by atoms with E-state index in [4.69, 9.17) is 4.74 Å². The number of likely N-dealkylation sites (tertiary alicyclic amines) is 1. The van der Waals surface area contributed by atoms with Crippen molar-refractivity contribution in [1.82, 2.24) is 4.90 Å². The first kappa shape index (κ1) is 16.8. The second-order valence-electron chi connectivity index (χ2n) is 6.99. The number of aliphatic carboxylic acids is 1. The van der Waals surface area contributed by atoms with Crippen molar-refractivity contribution in [3.05, 3.63) is 0 Å². The predicted octanol–water partition coefficient (Wildman–Crippen LogP) is 2.87. The molecule has 1 saturated carbocycles. The van der Waals surface area contributed by atoms with Crippen LogP contribution in [-0.4, -0.2) is 49.3 Å². The predicted molar refractivity (Wildman–Crippen MR) is 83.3 cm³/mol. The van der Waals surface area contributed by atoms with E-state index in [1.807, 2.05) is 0 Å². The monoisotopic (exact) mass is 297 g/mol. The van der Waals surface area contributed by atoms with E-state index < -0.39 is 5.97 Å². The molecule has 0 spiro atoms. The van der Waals surface area contributed by atoms with E-state index in [0.717, 1.165) is 13.1 Å². The van der Waals surface area contributed by atoms with Crippen molar-refractivity contribution in [2.24, 2.45) is 23.7 Å². The summed E-state index contributed by atoms with van der Waals surface area (Å²) in [6.45, 7) is 5.53. The molecular weight excluding hydrogens is 266 g/mol. The van der Waals surface area contributed by atoms with Crippen LogP contribution in [0, 0.1) is 23.7 Å². The first-order chi connectivity index (χ1) is 10.1. The van der Waals surface area contributed by atoms with Crippen molar-refractivity contribution in [3.8, 4) is 0 Å². The van der Waals surface area contributed by atoms with Crippen molar-refractivity contribution in [2.75, 3.05) is 33.4 Å². The third kappa shape index (κ3) is 4.43. The molecule has 3 unspecified atom stereocenters. The Morgan fingerprint density at radius 3 is 2.52 bits per heavy atom. The highest BCUT2D eigenvalue weighted by Gasteiger charge is 2.42. The minimum absolute atomic E-state index is 0.186. The third-order valence-electron chi connectivity index (χ3n) is 5.60. The summed E-state index contributed by atoms with van der Waals surface area (Å²) in [4.78, 5) is 14.0. The highest BCUT2D eigenvalue weighted by molar-refractivity contribution is 5.71. The number of carbonyl (C=O) groups is 1. The summed E-state index contributed by atoms with van der Waals surface area (Å²) < 4.78 is 5.15. The van der Waals surface area contributed by atoms with Crippen molar-refractivity contribution < 1.29 is 14.6 Å². The third-order valence-corrected chi connectivity index (χ3v) is 5.60. The smallest absolute Gasteiger partial charge is 0.308 e. The van der Waals surface area contributed by atoms with Gasteiger partial charge in [-0.05, 0) is 24.2 Å². The Bertz CT molecular complexity index is 334. The lowest BCUT2D eigenvalue weighted by atomic mass is 9.72. The van der Waals surface area contributed by atoms with Crippen LogP contribution in [0.4, 0.5) is 0 Å². The number of carboxylic acid groups (broad SMARTS) is 1. The van der Waals surface area contributed by atoms with Gasteiger partial charge < -0.3 is 9.84 Å². The van der Waals surface area contributed by atoms with E-state index in [2.05, 4.69) is 11.8 Å². The van der Waals surface area contributed by atoms with Crippen LogP contribution in [0.2, 0.25) is 0 Å². The molecule has 0 aromatic heterocycles. The van der Waals surface area contributed by atoms with Gasteiger partial charge in [-0.15, -0.1) is 0 Å². The quantitative estimate of drug-likeness (QED) is 0.848. The minimum atomic E-state index is -0.603. The zero-order chi connectivity index (χ0) is 15.2. The Labute approximate surface area is 128 Å². The van der Waals surface area contributed by atoms with Crippen LogP contribution in [0.15, 0.2) is 0 Å². The molecule has 21 heavy (non-hydrogen) atoms. The van der Waals surface area contributed by atoms with Crippen molar-refractivity contribution >= 4 is 5.97 Å². The van der Waals surface area contributed by atoms with E-state index in [1.54, 1.807) is 7.11 Å². The molecule has 122 valence electrons. The summed E-state index contributed by atoms with van der Waals surface area (Å²) in [5.41, 5.74) is 0. The molecule has 4 heteroatoms. The van der Waals surface area contributed by atoms with Crippen molar-refractivity contribution in [2.45, 2.75) is 45.4 Å². The summed E-state index contributed by atoms with van der Waals surface area (Å²) in [5, 5.41) is 9.61. The van der Waals surface area contributed by atoms with Gasteiger partial charge in [0.1, 0.15) is 0 Å². The topological polar surface area (TPSA) is 49.8 Å². The molecule has 0 aromatic rings. The maximum Gasteiger partial charge on any atom is 0.308 e. The van der Waals surface area contributed by atoms with Gasteiger partial charge in [0.25, 0.3) is 0 Å². The normalized spacial score (nSPS) is 35.3. The van der Waals surface area contributed by atoms with E-state index in [-0.39, 0.29) is 5.92 Å². The van der Waals surface area contributed by atoms with Gasteiger partial charge in [0, 0.05) is 26.7 Å². The maximum absolute atomic E-state index is 11.7. The second-order valence-corrected chi connectivity index (χ2v) is 6.99. The van der Waals surface area contributed by atoms with E-state index in [0.29, 0.717) is 30.9 Å². The van der Waals surface area contributed by atoms with Gasteiger partial charge in [0.05, 0.1) is 12.5 Å². The molecular formula is C17H31NO3. The van der Waals surface area contributed by atoms with Gasteiger partial charge in [-0.3, -0.25) is 9.69 Å². The van der Waals surface area contributed by atoms with Crippen LogP contribution in [0.5, 0.6) is 0 Å². The molecule has 0 amide bonds. The SMILES string of the molecule is COCCN1CC(C(=O)O)[C@@H](C2CCCCCCC2C)C1. The first-order valence-corrected chi connectivity index (χ1v) is 8.57. The molecule has 0 bridgehead atoms. The fourth-order valence-electron chi connectivity index (χ4n) is 4.35. The standard InChI is InChI=1S/C17H31NO3/c1-13-7-5-3-4-6-8-14(13)15-11-18(9-10-21-2)12-16(15)17(19)20/h13-16H,3-12H2,1-2H3,(H,19,20)/t13?,14?,15-,16?/m1/s1. The van der Waals surface area contributed by atoms with Crippen molar-refractivity contribution in [1.29, 1.82) is 0 Å². The molecule has 2 rings (SSSR count). The Morgan fingerprint density at radius 2 is 1.86 bits per heavy atom. The molecule has 0 aromatic carbocycles. The molecule has 1 aliphatic carbocycles. The van der Waals surface area contributed by atoms with Gasteiger partial charge in [-0.1, -0.05) is 39.0 Å².